The van der Waals surface area contributed by atoms with Gasteiger partial charge in [0.1, 0.15) is 5.69 Å². The summed E-state index contributed by atoms with van der Waals surface area (Å²) in [7, 11) is 0. The smallest absolute Gasteiger partial charge is 0.284 e. The number of hydrogen-bond acceptors (Lipinski definition) is 4. The maximum Gasteiger partial charge on any atom is 0.284 e. The normalized spacial score (nSPS) is 16.1. The summed E-state index contributed by atoms with van der Waals surface area (Å²) in [6.07, 6.45) is 2.41. The first-order valence-corrected chi connectivity index (χ1v) is 4.65. The first kappa shape index (κ1) is 7.70. The molecule has 0 unspecified atom stereocenters. The van der Waals surface area contributed by atoms with Crippen LogP contribution in [0.25, 0.3) is 0 Å². The Labute approximate surface area is 73.8 Å². The van der Waals surface area contributed by atoms with E-state index in [0.29, 0.717) is 11.6 Å². The summed E-state index contributed by atoms with van der Waals surface area (Å²) in [6, 6.07) is 0. The number of nitrogen functional groups attached to an aromatic ring is 1. The van der Waals surface area contributed by atoms with Gasteiger partial charge in [0.25, 0.3) is 5.91 Å². The minimum Gasteiger partial charge on any atom is -0.289 e. The Balaban J connectivity index is 2.17. The third kappa shape index (κ3) is 1.33. The number of carbonyl (C=O) groups is 1. The Morgan fingerprint density at radius 2 is 2.50 bits per heavy atom. The zero-order valence-electron chi connectivity index (χ0n) is 6.41. The van der Waals surface area contributed by atoms with Gasteiger partial charge in [-0.05, 0) is 12.8 Å². The van der Waals surface area contributed by atoms with Crippen LogP contribution in [0.15, 0.2) is 5.38 Å². The fourth-order valence-electron chi connectivity index (χ4n) is 0.984. The van der Waals surface area contributed by atoms with Crippen LogP contribution in [0, 0.1) is 0 Å². The van der Waals surface area contributed by atoms with Crippen LogP contribution in [0.4, 0.5) is 0 Å². The first-order chi connectivity index (χ1) is 5.81. The first-order valence-electron chi connectivity index (χ1n) is 3.77. The van der Waals surface area contributed by atoms with Crippen molar-refractivity contribution < 1.29 is 4.79 Å². The van der Waals surface area contributed by atoms with Crippen LogP contribution in [-0.4, -0.2) is 10.9 Å². The monoisotopic (exact) mass is 183 g/mol. The van der Waals surface area contributed by atoms with Crippen LogP contribution in [0.1, 0.15) is 34.3 Å². The molecule has 0 saturated heterocycles. The van der Waals surface area contributed by atoms with Crippen molar-refractivity contribution >= 4 is 17.2 Å². The fraction of sp³-hybridized carbons (Fsp3) is 0.429. The highest BCUT2D eigenvalue weighted by atomic mass is 32.1. The average Bonchev–Trinajstić information content (AvgIpc) is 2.83. The van der Waals surface area contributed by atoms with Gasteiger partial charge in [-0.1, -0.05) is 0 Å². The van der Waals surface area contributed by atoms with Gasteiger partial charge < -0.3 is 0 Å². The van der Waals surface area contributed by atoms with Gasteiger partial charge in [-0.15, -0.1) is 11.3 Å². The number of thiazole rings is 1. The highest BCUT2D eigenvalue weighted by Gasteiger charge is 2.27. The number of carbonyl (C=O) groups excluding carboxylic acids is 1. The molecule has 1 aliphatic rings. The van der Waals surface area contributed by atoms with E-state index in [1.165, 1.54) is 24.2 Å². The van der Waals surface area contributed by atoms with E-state index in [4.69, 9.17) is 5.84 Å². The third-order valence-electron chi connectivity index (χ3n) is 1.81. The van der Waals surface area contributed by atoms with Crippen LogP contribution in [0.2, 0.25) is 0 Å². The van der Waals surface area contributed by atoms with Crippen LogP contribution in [0.5, 0.6) is 0 Å². The summed E-state index contributed by atoms with van der Waals surface area (Å²) in [5, 5.41) is 2.81. The van der Waals surface area contributed by atoms with Crippen molar-refractivity contribution in [3.63, 3.8) is 0 Å². The zero-order chi connectivity index (χ0) is 8.55. The number of hydrazine groups is 1. The lowest BCUT2D eigenvalue weighted by molar-refractivity contribution is 0.0949. The Kier molecular flexibility index (Phi) is 1.82. The van der Waals surface area contributed by atoms with E-state index in [-0.39, 0.29) is 5.91 Å². The number of hydrogen-bond donors (Lipinski definition) is 2. The van der Waals surface area contributed by atoms with Gasteiger partial charge in [0.05, 0.1) is 5.01 Å². The van der Waals surface area contributed by atoms with Crippen molar-refractivity contribution in [1.82, 2.24) is 10.4 Å². The SMILES string of the molecule is NNC(=O)c1csc(C2CC2)n1. The van der Waals surface area contributed by atoms with Crippen molar-refractivity contribution in [3.8, 4) is 0 Å². The molecule has 0 aromatic carbocycles. The second kappa shape index (κ2) is 2.84. The second-order valence-corrected chi connectivity index (χ2v) is 3.71. The average molecular weight is 183 g/mol. The lowest BCUT2D eigenvalue weighted by atomic mass is 10.4. The molecule has 1 saturated carbocycles. The molecule has 3 N–H and O–H groups in total. The summed E-state index contributed by atoms with van der Waals surface area (Å²) in [4.78, 5) is 15.1. The molecule has 1 aliphatic carbocycles. The molecular formula is C7H9N3OS. The number of nitrogens with one attached hydrogen (secondary N) is 1. The Morgan fingerprint density at radius 3 is 3.08 bits per heavy atom. The lowest BCUT2D eigenvalue weighted by Crippen LogP contribution is -2.30. The minimum atomic E-state index is -0.307. The number of aromatic nitrogens is 1. The van der Waals surface area contributed by atoms with Crippen molar-refractivity contribution in [2.75, 3.05) is 0 Å². The number of nitrogens with zero attached hydrogens (tertiary/aromatic N) is 1. The van der Waals surface area contributed by atoms with Gasteiger partial charge in [-0.3, -0.25) is 10.2 Å². The molecule has 1 heterocycles. The van der Waals surface area contributed by atoms with E-state index in [9.17, 15) is 4.79 Å². The largest absolute Gasteiger partial charge is 0.289 e. The summed E-state index contributed by atoms with van der Waals surface area (Å²) in [6.45, 7) is 0. The van der Waals surface area contributed by atoms with Crippen molar-refractivity contribution in [3.05, 3.63) is 16.1 Å². The summed E-state index contributed by atoms with van der Waals surface area (Å²) in [5.74, 6) is 5.27. The molecule has 1 amide bonds. The van der Waals surface area contributed by atoms with Crippen LogP contribution < -0.4 is 11.3 Å². The molecule has 5 heteroatoms. The standard InChI is InChI=1S/C7H9N3OS/c8-10-6(11)5-3-12-7(9-5)4-1-2-4/h3-4H,1-2,8H2,(H,10,11). The van der Waals surface area contributed by atoms with E-state index in [2.05, 4.69) is 10.4 Å². The number of rotatable bonds is 2. The second-order valence-electron chi connectivity index (χ2n) is 2.82. The van der Waals surface area contributed by atoms with Gasteiger partial charge in [0.2, 0.25) is 0 Å². The summed E-state index contributed by atoms with van der Waals surface area (Å²) < 4.78 is 0. The van der Waals surface area contributed by atoms with E-state index in [1.807, 2.05) is 0 Å². The van der Waals surface area contributed by atoms with Crippen molar-refractivity contribution in [2.45, 2.75) is 18.8 Å². The maximum atomic E-state index is 11.0. The molecule has 12 heavy (non-hydrogen) atoms. The highest BCUT2D eigenvalue weighted by molar-refractivity contribution is 7.10. The van der Waals surface area contributed by atoms with E-state index in [0.717, 1.165) is 5.01 Å². The van der Waals surface area contributed by atoms with Crippen LogP contribution in [0.3, 0.4) is 0 Å². The minimum absolute atomic E-state index is 0.307. The molecule has 2 rings (SSSR count). The molecule has 1 aromatic rings. The molecule has 4 nitrogen and oxygen atoms in total. The van der Waals surface area contributed by atoms with Gasteiger partial charge in [-0.2, -0.15) is 0 Å². The third-order valence-corrected chi connectivity index (χ3v) is 2.82. The Morgan fingerprint density at radius 1 is 1.75 bits per heavy atom. The van der Waals surface area contributed by atoms with Gasteiger partial charge >= 0.3 is 0 Å². The molecule has 64 valence electrons. The number of amides is 1. The fourth-order valence-corrected chi connectivity index (χ4v) is 1.95. The molecule has 1 aromatic heterocycles. The van der Waals surface area contributed by atoms with Gasteiger partial charge in [-0.25, -0.2) is 10.8 Å². The van der Waals surface area contributed by atoms with E-state index >= 15 is 0 Å². The lowest BCUT2D eigenvalue weighted by Gasteiger charge is -1.91. The molecular weight excluding hydrogens is 174 g/mol. The molecule has 0 atom stereocenters. The molecule has 1 fully saturated rings. The topological polar surface area (TPSA) is 68.0 Å². The van der Waals surface area contributed by atoms with Gasteiger partial charge in [0.15, 0.2) is 0 Å². The predicted octanol–water partition coefficient (Wildman–Crippen LogP) is 0.624. The van der Waals surface area contributed by atoms with Crippen LogP contribution >= 0.6 is 11.3 Å². The van der Waals surface area contributed by atoms with E-state index in [1.54, 1.807) is 5.38 Å². The van der Waals surface area contributed by atoms with Gasteiger partial charge in [0, 0.05) is 11.3 Å². The molecule has 0 aliphatic heterocycles. The summed E-state index contributed by atoms with van der Waals surface area (Å²) in [5.41, 5.74) is 2.49. The maximum absolute atomic E-state index is 11.0. The van der Waals surface area contributed by atoms with Crippen LogP contribution in [-0.2, 0) is 0 Å². The summed E-state index contributed by atoms with van der Waals surface area (Å²) >= 11 is 1.54. The van der Waals surface area contributed by atoms with E-state index < -0.39 is 0 Å². The highest BCUT2D eigenvalue weighted by Crippen LogP contribution is 2.41. The Hall–Kier alpha value is -0.940. The molecule has 0 spiro atoms. The molecule has 0 bridgehead atoms. The zero-order valence-corrected chi connectivity index (χ0v) is 7.23. The predicted molar refractivity (Wildman–Crippen MR) is 45.7 cm³/mol. The quantitative estimate of drug-likeness (QED) is 0.401. The van der Waals surface area contributed by atoms with Crippen molar-refractivity contribution in [1.29, 1.82) is 0 Å². The number of nitrogens with two attached hydrogens (primary N) is 1. The molecule has 0 radical (unpaired) electrons. The Bertz CT molecular complexity index is 305. The van der Waals surface area contributed by atoms with Crippen molar-refractivity contribution in [2.24, 2.45) is 5.84 Å².